The van der Waals surface area contributed by atoms with Crippen molar-refractivity contribution in [3.05, 3.63) is 65.2 Å². The van der Waals surface area contributed by atoms with Crippen molar-refractivity contribution in [2.45, 2.75) is 13.3 Å². The van der Waals surface area contributed by atoms with Gasteiger partial charge >= 0.3 is 5.97 Å². The van der Waals surface area contributed by atoms with Gasteiger partial charge in [0.1, 0.15) is 12.9 Å². The molecule has 0 radical (unpaired) electrons. The van der Waals surface area contributed by atoms with E-state index in [9.17, 15) is 4.79 Å². The summed E-state index contributed by atoms with van der Waals surface area (Å²) >= 11 is 0. The number of oxime groups is 1. The highest BCUT2D eigenvalue weighted by Gasteiger charge is 2.11. The molecule has 120 valence electrons. The van der Waals surface area contributed by atoms with Gasteiger partial charge in [-0.1, -0.05) is 30.3 Å². The third-order valence-corrected chi connectivity index (χ3v) is 3.22. The quantitative estimate of drug-likeness (QED) is 0.368. The molecule has 0 aliphatic heterocycles. The highest BCUT2D eigenvalue weighted by molar-refractivity contribution is 5.95. The number of aryl methyl sites for hydroxylation is 1. The summed E-state index contributed by atoms with van der Waals surface area (Å²) in [5.41, 5.74) is 2.52. The van der Waals surface area contributed by atoms with E-state index in [-0.39, 0.29) is 12.4 Å². The fraction of sp³-hybridized carbons (Fsp3) is 0.222. The lowest BCUT2D eigenvalue weighted by Crippen LogP contribution is -2.13. The Morgan fingerprint density at radius 2 is 1.87 bits per heavy atom. The fourth-order valence-corrected chi connectivity index (χ4v) is 2.04. The Balaban J connectivity index is 2.28. The third-order valence-electron chi connectivity index (χ3n) is 3.22. The summed E-state index contributed by atoms with van der Waals surface area (Å²) in [4.78, 5) is 16.3. The van der Waals surface area contributed by atoms with Gasteiger partial charge in [-0.15, -0.1) is 0 Å². The predicted molar refractivity (Wildman–Crippen MR) is 87.5 cm³/mol. The lowest BCUT2D eigenvalue weighted by Gasteiger charge is -2.11. The van der Waals surface area contributed by atoms with Gasteiger partial charge in [0.25, 0.3) is 5.90 Å². The summed E-state index contributed by atoms with van der Waals surface area (Å²) in [6.45, 7) is 1.95. The van der Waals surface area contributed by atoms with E-state index in [1.165, 1.54) is 14.2 Å². The third kappa shape index (κ3) is 4.57. The van der Waals surface area contributed by atoms with Gasteiger partial charge in [-0.2, -0.15) is 0 Å². The van der Waals surface area contributed by atoms with Crippen molar-refractivity contribution < 1.29 is 19.1 Å². The van der Waals surface area contributed by atoms with Crippen LogP contribution in [0.1, 0.15) is 16.7 Å². The number of esters is 1. The van der Waals surface area contributed by atoms with E-state index in [0.29, 0.717) is 11.6 Å². The summed E-state index contributed by atoms with van der Waals surface area (Å²) in [7, 11) is 2.82. The van der Waals surface area contributed by atoms with E-state index in [0.717, 1.165) is 16.7 Å². The molecule has 5 heteroatoms. The summed E-state index contributed by atoms with van der Waals surface area (Å²) in [6.07, 6.45) is 0.189. The van der Waals surface area contributed by atoms with Crippen molar-refractivity contribution in [1.82, 2.24) is 0 Å². The Morgan fingerprint density at radius 3 is 2.57 bits per heavy atom. The van der Waals surface area contributed by atoms with Crippen LogP contribution in [0.4, 0.5) is 0 Å². The maximum absolute atomic E-state index is 11.4. The Morgan fingerprint density at radius 1 is 1.09 bits per heavy atom. The van der Waals surface area contributed by atoms with Crippen molar-refractivity contribution in [1.29, 1.82) is 0 Å². The van der Waals surface area contributed by atoms with Crippen molar-refractivity contribution >= 4 is 11.9 Å². The molecule has 0 saturated carbocycles. The Hall–Kier alpha value is -2.82. The normalized spacial score (nSPS) is 11.0. The maximum atomic E-state index is 11.4. The van der Waals surface area contributed by atoms with Crippen molar-refractivity contribution in [3.63, 3.8) is 0 Å². The number of methoxy groups -OCH3 is 1. The van der Waals surface area contributed by atoms with Crippen molar-refractivity contribution in [2.24, 2.45) is 5.16 Å². The number of carbonyl (C=O) groups excluding carboxylic acids is 1. The number of carbonyl (C=O) groups is 1. The van der Waals surface area contributed by atoms with Gasteiger partial charge in [0, 0.05) is 5.56 Å². The monoisotopic (exact) mass is 313 g/mol. The minimum absolute atomic E-state index is 0.189. The first-order valence-corrected chi connectivity index (χ1v) is 7.14. The molecule has 5 nitrogen and oxygen atoms in total. The number of para-hydroxylation sites is 1. The Bertz CT molecular complexity index is 710. The largest absolute Gasteiger partial charge is 0.469 e. The zero-order valence-electron chi connectivity index (χ0n) is 13.4. The SMILES string of the molecule is CO/N=C(/Oc1ccccc1C)c1cccc(CC(=O)OC)c1. The number of benzene rings is 2. The molecule has 0 fully saturated rings. The van der Waals surface area contributed by atoms with Crippen LogP contribution in [-0.2, 0) is 20.8 Å². The van der Waals surface area contributed by atoms with Gasteiger partial charge in [-0.3, -0.25) is 4.79 Å². The summed E-state index contributed by atoms with van der Waals surface area (Å²) < 4.78 is 10.6. The molecule has 0 aromatic heterocycles. The lowest BCUT2D eigenvalue weighted by molar-refractivity contribution is -0.139. The zero-order chi connectivity index (χ0) is 16.7. The molecule has 0 N–H and O–H groups in total. The Labute approximate surface area is 135 Å². The van der Waals surface area contributed by atoms with Gasteiger partial charge < -0.3 is 14.3 Å². The van der Waals surface area contributed by atoms with Crippen LogP contribution < -0.4 is 4.74 Å². The first kappa shape index (κ1) is 16.5. The zero-order valence-corrected chi connectivity index (χ0v) is 13.4. The van der Waals surface area contributed by atoms with Crippen LogP contribution in [0.2, 0.25) is 0 Å². The average molecular weight is 313 g/mol. The number of hydrogen-bond acceptors (Lipinski definition) is 5. The van der Waals surface area contributed by atoms with Crippen LogP contribution in [0.5, 0.6) is 5.75 Å². The minimum atomic E-state index is -0.299. The smallest absolute Gasteiger partial charge is 0.309 e. The van der Waals surface area contributed by atoms with E-state index in [1.54, 1.807) is 0 Å². The molecule has 0 spiro atoms. The molecule has 2 rings (SSSR count). The second-order valence-electron chi connectivity index (χ2n) is 4.90. The topological polar surface area (TPSA) is 57.1 Å². The van der Waals surface area contributed by atoms with Gasteiger partial charge in [0.2, 0.25) is 0 Å². The molecule has 0 amide bonds. The molecule has 0 unspecified atom stereocenters. The summed E-state index contributed by atoms with van der Waals surface area (Å²) in [6, 6.07) is 15.0. The van der Waals surface area contributed by atoms with Crippen LogP contribution in [0.15, 0.2) is 53.7 Å². The average Bonchev–Trinajstić information content (AvgIpc) is 2.56. The lowest BCUT2D eigenvalue weighted by atomic mass is 10.1. The molecule has 0 aliphatic carbocycles. The summed E-state index contributed by atoms with van der Waals surface area (Å²) in [5, 5.41) is 3.95. The molecule has 0 heterocycles. The number of hydrogen-bond donors (Lipinski definition) is 0. The Kier molecular flexibility index (Phi) is 5.74. The van der Waals surface area contributed by atoms with Gasteiger partial charge in [0.05, 0.1) is 13.5 Å². The van der Waals surface area contributed by atoms with Crippen LogP contribution >= 0.6 is 0 Å². The maximum Gasteiger partial charge on any atom is 0.309 e. The molecule has 23 heavy (non-hydrogen) atoms. The molecule has 0 atom stereocenters. The van der Waals surface area contributed by atoms with E-state index in [1.807, 2.05) is 55.5 Å². The first-order chi connectivity index (χ1) is 11.1. The molecule has 2 aromatic carbocycles. The fourth-order valence-electron chi connectivity index (χ4n) is 2.04. The van der Waals surface area contributed by atoms with Crippen LogP contribution in [0, 0.1) is 6.92 Å². The molecular formula is C18H19NO4. The van der Waals surface area contributed by atoms with Crippen LogP contribution in [0.25, 0.3) is 0 Å². The van der Waals surface area contributed by atoms with E-state index < -0.39 is 0 Å². The van der Waals surface area contributed by atoms with Gasteiger partial charge in [-0.05, 0) is 41.4 Å². The van der Waals surface area contributed by atoms with E-state index >= 15 is 0 Å². The second-order valence-corrected chi connectivity index (χ2v) is 4.90. The summed E-state index contributed by atoms with van der Waals surface area (Å²) in [5.74, 6) is 0.724. The standard InChI is InChI=1S/C18H19NO4/c1-13-7-4-5-10-16(13)23-18(19-22-3)15-9-6-8-14(11-15)12-17(20)21-2/h4-11H,12H2,1-3H3/b19-18+. The van der Waals surface area contributed by atoms with E-state index in [4.69, 9.17) is 9.57 Å². The number of nitrogens with zero attached hydrogens (tertiary/aromatic N) is 1. The molecule has 0 aliphatic rings. The highest BCUT2D eigenvalue weighted by Crippen LogP contribution is 2.19. The molecule has 0 bridgehead atoms. The van der Waals surface area contributed by atoms with Gasteiger partial charge in [0.15, 0.2) is 0 Å². The van der Waals surface area contributed by atoms with Crippen LogP contribution in [0.3, 0.4) is 0 Å². The number of ether oxygens (including phenoxy) is 2. The second kappa shape index (κ2) is 7.98. The van der Waals surface area contributed by atoms with Crippen LogP contribution in [-0.4, -0.2) is 26.1 Å². The number of rotatable bonds is 5. The van der Waals surface area contributed by atoms with Gasteiger partial charge in [-0.25, -0.2) is 0 Å². The van der Waals surface area contributed by atoms with E-state index in [2.05, 4.69) is 9.89 Å². The molecular weight excluding hydrogens is 294 g/mol. The minimum Gasteiger partial charge on any atom is -0.469 e. The predicted octanol–water partition coefficient (Wildman–Crippen LogP) is 3.10. The molecule has 2 aromatic rings. The molecule has 0 saturated heterocycles. The highest BCUT2D eigenvalue weighted by atomic mass is 16.6. The van der Waals surface area contributed by atoms with Crippen molar-refractivity contribution in [3.8, 4) is 5.75 Å². The van der Waals surface area contributed by atoms with Crippen molar-refractivity contribution in [2.75, 3.05) is 14.2 Å². The first-order valence-electron chi connectivity index (χ1n) is 7.14.